The minimum absolute atomic E-state index is 0.0107. The van der Waals surface area contributed by atoms with E-state index in [1.807, 2.05) is 13.8 Å². The predicted molar refractivity (Wildman–Crippen MR) is 112 cm³/mol. The van der Waals surface area contributed by atoms with Crippen molar-refractivity contribution in [3.63, 3.8) is 0 Å². The van der Waals surface area contributed by atoms with Gasteiger partial charge in [-0.25, -0.2) is 17.2 Å². The highest BCUT2D eigenvalue weighted by Gasteiger charge is 2.34. The van der Waals surface area contributed by atoms with E-state index in [1.54, 1.807) is 17.5 Å². The second-order valence-corrected chi connectivity index (χ2v) is 10.4. The van der Waals surface area contributed by atoms with Crippen LogP contribution in [-0.2, 0) is 14.8 Å². The first kappa shape index (κ1) is 23.3. The van der Waals surface area contributed by atoms with Gasteiger partial charge in [-0.2, -0.15) is 4.31 Å². The van der Waals surface area contributed by atoms with Crippen LogP contribution in [0, 0.1) is 17.6 Å². The summed E-state index contributed by atoms with van der Waals surface area (Å²) >= 11 is 1.27. The van der Waals surface area contributed by atoms with Crippen LogP contribution in [0.2, 0.25) is 0 Å². The summed E-state index contributed by atoms with van der Waals surface area (Å²) in [7, 11) is -4.02. The Morgan fingerprint density at radius 2 is 1.74 bits per heavy atom. The smallest absolute Gasteiger partial charge is 0.262 e. The molecule has 0 radical (unpaired) electrons. The molecule has 0 saturated carbocycles. The number of benzene rings is 1. The number of amides is 2. The summed E-state index contributed by atoms with van der Waals surface area (Å²) < 4.78 is 53.2. The number of halogens is 2. The second kappa shape index (κ2) is 9.41. The molecule has 31 heavy (non-hydrogen) atoms. The van der Waals surface area contributed by atoms with Crippen molar-refractivity contribution in [2.24, 2.45) is 5.92 Å². The monoisotopic (exact) mass is 471 g/mol. The number of hydrogen-bond acceptors (Lipinski definition) is 5. The molecular formula is C20H23F2N3O4S2. The number of nitrogens with zero attached hydrogens (tertiary/aromatic N) is 2. The Kier molecular flexibility index (Phi) is 7.07. The number of piperazine rings is 1. The van der Waals surface area contributed by atoms with Gasteiger partial charge in [0.2, 0.25) is 15.9 Å². The molecule has 1 unspecified atom stereocenters. The van der Waals surface area contributed by atoms with Gasteiger partial charge in [-0.3, -0.25) is 9.59 Å². The molecule has 7 nitrogen and oxygen atoms in total. The number of carbonyl (C=O) groups excluding carboxylic acids is 2. The largest absolute Gasteiger partial charge is 0.339 e. The quantitative estimate of drug-likeness (QED) is 0.701. The molecule has 3 rings (SSSR count). The Hall–Kier alpha value is -2.37. The maximum absolute atomic E-state index is 13.5. The van der Waals surface area contributed by atoms with Crippen LogP contribution in [-0.4, -0.2) is 61.7 Å². The van der Waals surface area contributed by atoms with Gasteiger partial charge in [0, 0.05) is 26.2 Å². The molecule has 1 saturated heterocycles. The second-order valence-electron chi connectivity index (χ2n) is 7.48. The summed E-state index contributed by atoms with van der Waals surface area (Å²) in [5.41, 5.74) is 0. The Morgan fingerprint density at radius 1 is 1.06 bits per heavy atom. The van der Waals surface area contributed by atoms with Gasteiger partial charge in [-0.05, 0) is 35.6 Å². The Morgan fingerprint density at radius 3 is 2.29 bits per heavy atom. The lowest BCUT2D eigenvalue weighted by molar-refractivity contribution is -0.135. The molecule has 1 aliphatic heterocycles. The molecule has 11 heteroatoms. The Bertz CT molecular complexity index is 1050. The summed E-state index contributed by atoms with van der Waals surface area (Å²) in [5, 5.41) is 4.54. The first-order chi connectivity index (χ1) is 14.6. The summed E-state index contributed by atoms with van der Waals surface area (Å²) in [6, 6.07) is 5.11. The summed E-state index contributed by atoms with van der Waals surface area (Å²) in [5.74, 6) is -3.15. The lowest BCUT2D eigenvalue weighted by Gasteiger charge is -2.36. The van der Waals surface area contributed by atoms with E-state index >= 15 is 0 Å². The van der Waals surface area contributed by atoms with E-state index in [4.69, 9.17) is 0 Å². The van der Waals surface area contributed by atoms with Crippen molar-refractivity contribution >= 4 is 33.2 Å². The predicted octanol–water partition coefficient (Wildman–Crippen LogP) is 2.31. The number of thiophene rings is 1. The van der Waals surface area contributed by atoms with Crippen LogP contribution in [0.15, 0.2) is 40.6 Å². The molecule has 2 amide bonds. The van der Waals surface area contributed by atoms with Crippen molar-refractivity contribution in [3.05, 3.63) is 52.2 Å². The third kappa shape index (κ3) is 5.10. The highest BCUT2D eigenvalue weighted by atomic mass is 32.2. The molecule has 1 fully saturated rings. The standard InChI is InChI=1S/C20H23F2N3O4S2/c1-13(2)18(23-19(26)17-4-3-11-30-17)20(27)24-7-9-25(10-8-24)31(28,29)14-5-6-15(21)16(22)12-14/h3-6,11-13,18H,7-10H2,1-2H3,(H,23,26). The molecule has 0 bridgehead atoms. The van der Waals surface area contributed by atoms with Gasteiger partial charge < -0.3 is 10.2 Å². The Labute approximate surface area is 183 Å². The molecule has 1 N–H and O–H groups in total. The highest BCUT2D eigenvalue weighted by molar-refractivity contribution is 7.89. The van der Waals surface area contributed by atoms with Gasteiger partial charge in [0.05, 0.1) is 9.77 Å². The van der Waals surface area contributed by atoms with Gasteiger partial charge in [0.15, 0.2) is 11.6 Å². The van der Waals surface area contributed by atoms with Crippen LogP contribution in [0.4, 0.5) is 8.78 Å². The zero-order valence-electron chi connectivity index (χ0n) is 17.0. The number of hydrogen-bond donors (Lipinski definition) is 1. The fraction of sp³-hybridized carbons (Fsp3) is 0.400. The van der Waals surface area contributed by atoms with Gasteiger partial charge in [0.1, 0.15) is 6.04 Å². The molecule has 0 aliphatic carbocycles. The van der Waals surface area contributed by atoms with Gasteiger partial charge in [0.25, 0.3) is 5.91 Å². The summed E-state index contributed by atoms with van der Waals surface area (Å²) in [6.07, 6.45) is 0. The first-order valence-electron chi connectivity index (χ1n) is 9.69. The van der Waals surface area contributed by atoms with Crippen LogP contribution < -0.4 is 5.32 Å². The van der Waals surface area contributed by atoms with E-state index in [2.05, 4.69) is 5.32 Å². The van der Waals surface area contributed by atoms with Crippen LogP contribution in [0.25, 0.3) is 0 Å². The van der Waals surface area contributed by atoms with E-state index in [0.717, 1.165) is 16.4 Å². The fourth-order valence-electron chi connectivity index (χ4n) is 3.27. The van der Waals surface area contributed by atoms with E-state index in [9.17, 15) is 26.8 Å². The molecule has 1 aromatic heterocycles. The van der Waals surface area contributed by atoms with E-state index < -0.39 is 27.7 Å². The van der Waals surface area contributed by atoms with Crippen LogP contribution in [0.5, 0.6) is 0 Å². The zero-order chi connectivity index (χ0) is 22.8. The fourth-order valence-corrected chi connectivity index (χ4v) is 5.33. The van der Waals surface area contributed by atoms with Crippen molar-refractivity contribution in [2.75, 3.05) is 26.2 Å². The zero-order valence-corrected chi connectivity index (χ0v) is 18.7. The van der Waals surface area contributed by atoms with E-state index in [1.165, 1.54) is 16.2 Å². The third-order valence-electron chi connectivity index (χ3n) is 5.04. The number of carbonyl (C=O) groups is 2. The maximum Gasteiger partial charge on any atom is 0.262 e. The maximum atomic E-state index is 13.5. The molecule has 1 aromatic carbocycles. The molecule has 0 spiro atoms. The summed E-state index contributed by atoms with van der Waals surface area (Å²) in [4.78, 5) is 27.1. The highest BCUT2D eigenvalue weighted by Crippen LogP contribution is 2.21. The van der Waals surface area contributed by atoms with Crippen molar-refractivity contribution in [3.8, 4) is 0 Å². The summed E-state index contributed by atoms with van der Waals surface area (Å²) in [6.45, 7) is 3.91. The average molecular weight is 472 g/mol. The SMILES string of the molecule is CC(C)C(NC(=O)c1cccs1)C(=O)N1CCN(S(=O)(=O)c2ccc(F)c(F)c2)CC1. The van der Waals surface area contributed by atoms with Crippen molar-refractivity contribution in [1.82, 2.24) is 14.5 Å². The van der Waals surface area contributed by atoms with Crippen LogP contribution in [0.3, 0.4) is 0 Å². The molecular weight excluding hydrogens is 448 g/mol. The van der Waals surface area contributed by atoms with Crippen molar-refractivity contribution < 1.29 is 26.8 Å². The molecule has 1 aliphatic rings. The van der Waals surface area contributed by atoms with Crippen LogP contribution in [0.1, 0.15) is 23.5 Å². The third-order valence-corrected chi connectivity index (χ3v) is 7.81. The first-order valence-corrected chi connectivity index (χ1v) is 12.0. The molecule has 2 heterocycles. The molecule has 168 valence electrons. The number of sulfonamides is 1. The van der Waals surface area contributed by atoms with Crippen LogP contribution >= 0.6 is 11.3 Å². The topological polar surface area (TPSA) is 86.8 Å². The number of rotatable bonds is 6. The minimum atomic E-state index is -4.02. The lowest BCUT2D eigenvalue weighted by atomic mass is 10.0. The van der Waals surface area contributed by atoms with Gasteiger partial charge in [-0.1, -0.05) is 19.9 Å². The normalized spacial score (nSPS) is 16.4. The molecule has 1 atom stereocenters. The molecule has 2 aromatic rings. The van der Waals surface area contributed by atoms with E-state index in [-0.39, 0.29) is 48.8 Å². The van der Waals surface area contributed by atoms with Crippen molar-refractivity contribution in [1.29, 1.82) is 0 Å². The average Bonchev–Trinajstić information content (AvgIpc) is 3.28. The van der Waals surface area contributed by atoms with Gasteiger partial charge in [-0.15, -0.1) is 11.3 Å². The van der Waals surface area contributed by atoms with E-state index in [0.29, 0.717) is 10.9 Å². The minimum Gasteiger partial charge on any atom is -0.339 e. The Balaban J connectivity index is 1.66. The van der Waals surface area contributed by atoms with Gasteiger partial charge >= 0.3 is 0 Å². The lowest BCUT2D eigenvalue weighted by Crippen LogP contribution is -2.57. The van der Waals surface area contributed by atoms with Crippen molar-refractivity contribution in [2.45, 2.75) is 24.8 Å². The number of nitrogens with one attached hydrogen (secondary N) is 1.